The summed E-state index contributed by atoms with van der Waals surface area (Å²) in [5.41, 5.74) is 1.20. The lowest BCUT2D eigenvalue weighted by Crippen LogP contribution is -2.15. The highest BCUT2D eigenvalue weighted by atomic mass is 35.5. The molecule has 0 aliphatic rings. The molecule has 3 rings (SSSR count). The van der Waals surface area contributed by atoms with E-state index in [1.54, 1.807) is 37.3 Å². The van der Waals surface area contributed by atoms with Gasteiger partial charge in [0.2, 0.25) is 11.8 Å². The van der Waals surface area contributed by atoms with Gasteiger partial charge in [-0.1, -0.05) is 28.9 Å². The first-order valence-corrected chi connectivity index (χ1v) is 8.13. The summed E-state index contributed by atoms with van der Waals surface area (Å²) >= 11 is 6.18. The number of nitrogens with one attached hydrogen (secondary N) is 1. The molecule has 6 nitrogen and oxygen atoms in total. The fourth-order valence-electron chi connectivity index (χ4n) is 2.25. The molecule has 0 fully saturated rings. The number of rotatable bonds is 6. The van der Waals surface area contributed by atoms with E-state index in [4.69, 9.17) is 20.9 Å². The van der Waals surface area contributed by atoms with Gasteiger partial charge in [-0.3, -0.25) is 4.79 Å². The fourth-order valence-corrected chi connectivity index (χ4v) is 2.48. The molecule has 0 spiro atoms. The molecule has 2 aromatic carbocycles. The van der Waals surface area contributed by atoms with E-state index in [-0.39, 0.29) is 24.8 Å². The normalized spacial score (nSPS) is 10.6. The molecule has 0 aliphatic carbocycles. The van der Waals surface area contributed by atoms with Crippen LogP contribution < -0.4 is 10.1 Å². The molecule has 26 heavy (non-hydrogen) atoms. The second-order valence-corrected chi connectivity index (χ2v) is 5.93. The van der Waals surface area contributed by atoms with Crippen LogP contribution in [0.15, 0.2) is 47.0 Å². The molecule has 1 heterocycles. The maximum atomic E-state index is 13.2. The van der Waals surface area contributed by atoms with Crippen LogP contribution in [0.5, 0.6) is 5.75 Å². The molecule has 0 unspecified atom stereocenters. The van der Waals surface area contributed by atoms with Crippen LogP contribution in [0.4, 0.5) is 10.1 Å². The number of hydrogen-bond acceptors (Lipinski definition) is 5. The van der Waals surface area contributed by atoms with Crippen molar-refractivity contribution in [3.63, 3.8) is 0 Å². The van der Waals surface area contributed by atoms with E-state index in [0.29, 0.717) is 33.7 Å². The highest BCUT2D eigenvalue weighted by molar-refractivity contribution is 6.32. The Bertz CT molecular complexity index is 930. The average molecular weight is 376 g/mol. The molecule has 1 aromatic heterocycles. The third-order valence-corrected chi connectivity index (χ3v) is 3.68. The first-order chi connectivity index (χ1) is 12.5. The summed E-state index contributed by atoms with van der Waals surface area (Å²) < 4.78 is 23.6. The van der Waals surface area contributed by atoms with Gasteiger partial charge in [-0.15, -0.1) is 0 Å². The van der Waals surface area contributed by atoms with Gasteiger partial charge in [-0.25, -0.2) is 4.39 Å². The molecule has 8 heteroatoms. The van der Waals surface area contributed by atoms with Crippen molar-refractivity contribution in [2.45, 2.75) is 20.0 Å². The van der Waals surface area contributed by atoms with Gasteiger partial charge in [0, 0.05) is 12.6 Å². The smallest absolute Gasteiger partial charge is 0.232 e. The standard InChI is InChI=1S/C18H15ClFN3O3/c1-11-21-17(23-26-11)9-18(24)22-14-5-6-16(15(19)8-14)25-10-12-3-2-4-13(20)7-12/h2-8H,9-10H2,1H3,(H,22,24). The predicted molar refractivity (Wildman–Crippen MR) is 93.6 cm³/mol. The van der Waals surface area contributed by atoms with Crippen LogP contribution in [0.3, 0.4) is 0 Å². The third-order valence-electron chi connectivity index (χ3n) is 3.39. The van der Waals surface area contributed by atoms with Gasteiger partial charge in [-0.2, -0.15) is 4.98 Å². The van der Waals surface area contributed by atoms with Gasteiger partial charge in [0.1, 0.15) is 18.2 Å². The Balaban J connectivity index is 1.59. The molecular formula is C18H15ClFN3O3. The Hall–Kier alpha value is -2.93. The van der Waals surface area contributed by atoms with E-state index in [2.05, 4.69) is 15.5 Å². The van der Waals surface area contributed by atoms with E-state index >= 15 is 0 Å². The van der Waals surface area contributed by atoms with Crippen molar-refractivity contribution in [3.05, 3.63) is 70.6 Å². The minimum Gasteiger partial charge on any atom is -0.487 e. The molecule has 0 bridgehead atoms. The first kappa shape index (κ1) is 17.9. The summed E-state index contributed by atoms with van der Waals surface area (Å²) in [6.07, 6.45) is -0.00716. The van der Waals surface area contributed by atoms with Crippen molar-refractivity contribution >= 4 is 23.2 Å². The zero-order valence-electron chi connectivity index (χ0n) is 13.8. The monoisotopic (exact) mass is 375 g/mol. The Morgan fingerprint density at radius 1 is 1.31 bits per heavy atom. The van der Waals surface area contributed by atoms with Crippen molar-refractivity contribution in [3.8, 4) is 5.75 Å². The lowest BCUT2D eigenvalue weighted by Gasteiger charge is -2.10. The van der Waals surface area contributed by atoms with E-state index < -0.39 is 0 Å². The first-order valence-electron chi connectivity index (χ1n) is 7.75. The summed E-state index contributed by atoms with van der Waals surface area (Å²) in [7, 11) is 0. The van der Waals surface area contributed by atoms with Crippen LogP contribution in [-0.4, -0.2) is 16.0 Å². The van der Waals surface area contributed by atoms with Gasteiger partial charge in [0.25, 0.3) is 0 Å². The van der Waals surface area contributed by atoms with Crippen LogP contribution in [0.1, 0.15) is 17.3 Å². The maximum absolute atomic E-state index is 13.2. The molecule has 0 saturated heterocycles. The van der Waals surface area contributed by atoms with Crippen molar-refractivity contribution < 1.29 is 18.4 Å². The molecule has 0 aliphatic heterocycles. The van der Waals surface area contributed by atoms with Gasteiger partial charge < -0.3 is 14.6 Å². The molecule has 1 amide bonds. The number of aryl methyl sites for hydroxylation is 1. The Labute approximate surface area is 153 Å². The molecular weight excluding hydrogens is 361 g/mol. The van der Waals surface area contributed by atoms with Gasteiger partial charge >= 0.3 is 0 Å². The molecule has 0 atom stereocenters. The number of carbonyl (C=O) groups excluding carboxylic acids is 1. The quantitative estimate of drug-likeness (QED) is 0.706. The molecule has 3 aromatic rings. The second-order valence-electron chi connectivity index (χ2n) is 5.52. The van der Waals surface area contributed by atoms with Gasteiger partial charge in [0.05, 0.1) is 11.4 Å². The molecule has 0 saturated carbocycles. The number of carbonyl (C=O) groups is 1. The number of halogens is 2. The van der Waals surface area contributed by atoms with E-state index in [1.165, 1.54) is 12.1 Å². The summed E-state index contributed by atoms with van der Waals surface area (Å²) in [5.74, 6) is 0.516. The van der Waals surface area contributed by atoms with Crippen LogP contribution in [0.25, 0.3) is 0 Å². The molecule has 134 valence electrons. The minimum atomic E-state index is -0.327. The van der Waals surface area contributed by atoms with Gasteiger partial charge in [-0.05, 0) is 35.9 Å². The lowest BCUT2D eigenvalue weighted by molar-refractivity contribution is -0.115. The van der Waals surface area contributed by atoms with Crippen LogP contribution >= 0.6 is 11.6 Å². The zero-order valence-corrected chi connectivity index (χ0v) is 14.6. The lowest BCUT2D eigenvalue weighted by atomic mass is 10.2. The number of hydrogen-bond donors (Lipinski definition) is 1. The number of nitrogens with zero attached hydrogens (tertiary/aromatic N) is 2. The van der Waals surface area contributed by atoms with E-state index in [0.717, 1.165) is 0 Å². The molecule has 1 N–H and O–H groups in total. The topological polar surface area (TPSA) is 77.2 Å². The molecule has 0 radical (unpaired) electrons. The van der Waals surface area contributed by atoms with Crippen molar-refractivity contribution in [2.75, 3.05) is 5.32 Å². The third kappa shape index (κ3) is 4.80. The van der Waals surface area contributed by atoms with Gasteiger partial charge in [0.15, 0.2) is 5.82 Å². The Morgan fingerprint density at radius 2 is 2.15 bits per heavy atom. The maximum Gasteiger partial charge on any atom is 0.232 e. The van der Waals surface area contributed by atoms with Crippen molar-refractivity contribution in [1.29, 1.82) is 0 Å². The number of anilines is 1. The van der Waals surface area contributed by atoms with E-state index in [1.807, 2.05) is 0 Å². The number of amides is 1. The van der Waals surface area contributed by atoms with E-state index in [9.17, 15) is 9.18 Å². The van der Waals surface area contributed by atoms with Crippen LogP contribution in [0.2, 0.25) is 5.02 Å². The summed E-state index contributed by atoms with van der Waals surface area (Å²) in [6, 6.07) is 11.0. The highest BCUT2D eigenvalue weighted by Gasteiger charge is 2.11. The largest absolute Gasteiger partial charge is 0.487 e. The SMILES string of the molecule is Cc1nc(CC(=O)Nc2ccc(OCc3cccc(F)c3)c(Cl)c2)no1. The number of ether oxygens (including phenoxy) is 1. The number of aromatic nitrogens is 2. The van der Waals surface area contributed by atoms with Crippen molar-refractivity contribution in [2.24, 2.45) is 0 Å². The predicted octanol–water partition coefficient (Wildman–Crippen LogP) is 3.93. The Morgan fingerprint density at radius 3 is 2.85 bits per heavy atom. The Kier molecular flexibility index (Phi) is 5.48. The summed E-state index contributed by atoms with van der Waals surface area (Å²) in [5, 5.41) is 6.70. The summed E-state index contributed by atoms with van der Waals surface area (Å²) in [4.78, 5) is 16.0. The fraction of sp³-hybridized carbons (Fsp3) is 0.167. The minimum absolute atomic E-state index is 0.00716. The summed E-state index contributed by atoms with van der Waals surface area (Å²) in [6.45, 7) is 1.83. The van der Waals surface area contributed by atoms with Crippen LogP contribution in [0, 0.1) is 12.7 Å². The van der Waals surface area contributed by atoms with Crippen LogP contribution in [-0.2, 0) is 17.8 Å². The highest BCUT2D eigenvalue weighted by Crippen LogP contribution is 2.28. The van der Waals surface area contributed by atoms with Crippen molar-refractivity contribution in [1.82, 2.24) is 10.1 Å². The number of benzene rings is 2. The zero-order chi connectivity index (χ0) is 18.5. The second kappa shape index (κ2) is 7.97. The average Bonchev–Trinajstić information content (AvgIpc) is 2.99.